The van der Waals surface area contributed by atoms with E-state index in [0.717, 1.165) is 9.35 Å². The van der Waals surface area contributed by atoms with Crippen molar-refractivity contribution < 1.29 is 19.4 Å². The summed E-state index contributed by atoms with van der Waals surface area (Å²) in [5.74, 6) is -1.14. The van der Waals surface area contributed by atoms with Crippen molar-refractivity contribution in [1.29, 1.82) is 0 Å². The molecular weight excluding hydrogens is 346 g/mol. The van der Waals surface area contributed by atoms with E-state index >= 15 is 0 Å². The van der Waals surface area contributed by atoms with Crippen molar-refractivity contribution in [1.82, 2.24) is 5.32 Å². The van der Waals surface area contributed by atoms with Crippen molar-refractivity contribution >= 4 is 39.1 Å². The molecule has 1 amide bonds. The number of ether oxygens (including phenoxy) is 1. The van der Waals surface area contributed by atoms with Crippen LogP contribution in [0.4, 0.5) is 0 Å². The summed E-state index contributed by atoms with van der Waals surface area (Å²) in [6, 6.07) is 1.98. The summed E-state index contributed by atoms with van der Waals surface area (Å²) in [5.41, 5.74) is -0.881. The van der Waals surface area contributed by atoms with E-state index in [2.05, 4.69) is 21.2 Å². The molecule has 0 bridgehead atoms. The number of aliphatic carboxylic acids is 1. The molecule has 0 aliphatic heterocycles. The molecule has 2 N–H and O–H groups in total. The third-order valence-corrected chi connectivity index (χ3v) is 4.42. The zero-order valence-electron chi connectivity index (χ0n) is 11.4. The molecule has 0 aliphatic rings. The van der Waals surface area contributed by atoms with Gasteiger partial charge in [-0.25, -0.2) is 0 Å². The number of hydrogen-bond donors (Lipinski definition) is 2. The van der Waals surface area contributed by atoms with Crippen molar-refractivity contribution in [3.05, 3.63) is 20.8 Å². The molecule has 5 nitrogen and oxygen atoms in total. The van der Waals surface area contributed by atoms with Gasteiger partial charge in [-0.05, 0) is 35.3 Å². The molecular formula is C13H18BrNO4S. The van der Waals surface area contributed by atoms with Crippen molar-refractivity contribution in [2.45, 2.75) is 31.7 Å². The summed E-state index contributed by atoms with van der Waals surface area (Å²) < 4.78 is 6.00. The van der Waals surface area contributed by atoms with Gasteiger partial charge in [-0.1, -0.05) is 0 Å². The lowest BCUT2D eigenvalue weighted by molar-refractivity contribution is -0.139. The Hall–Kier alpha value is -0.920. The van der Waals surface area contributed by atoms with Crippen LogP contribution in [0.3, 0.4) is 0 Å². The quantitative estimate of drug-likeness (QED) is 0.743. The molecule has 1 heterocycles. The van der Waals surface area contributed by atoms with E-state index in [0.29, 0.717) is 12.8 Å². The SMILES string of the molecule is COCC(C)(CC(=O)O)NC(=O)CCc1cc(Br)cs1. The van der Waals surface area contributed by atoms with Crippen molar-refractivity contribution in [2.24, 2.45) is 0 Å². The number of rotatable bonds is 8. The zero-order valence-corrected chi connectivity index (χ0v) is 13.8. The first-order chi connectivity index (χ1) is 9.34. The molecule has 1 aromatic rings. The second-order valence-corrected chi connectivity index (χ2v) is 6.76. The third kappa shape index (κ3) is 6.02. The number of methoxy groups -OCH3 is 1. The van der Waals surface area contributed by atoms with Crippen LogP contribution in [-0.2, 0) is 20.7 Å². The summed E-state index contributed by atoms with van der Waals surface area (Å²) in [5, 5.41) is 13.6. The van der Waals surface area contributed by atoms with Gasteiger partial charge in [-0.15, -0.1) is 11.3 Å². The van der Waals surface area contributed by atoms with Gasteiger partial charge in [0.25, 0.3) is 0 Å². The average molecular weight is 364 g/mol. The number of aryl methyl sites for hydroxylation is 1. The van der Waals surface area contributed by atoms with Crippen LogP contribution < -0.4 is 5.32 Å². The van der Waals surface area contributed by atoms with Gasteiger partial charge in [-0.2, -0.15) is 0 Å². The molecule has 0 saturated heterocycles. The van der Waals surface area contributed by atoms with E-state index in [-0.39, 0.29) is 18.9 Å². The first-order valence-corrected chi connectivity index (χ1v) is 7.76. The molecule has 0 spiro atoms. The number of halogens is 1. The Morgan fingerprint density at radius 1 is 1.55 bits per heavy atom. The Labute approximate surface area is 130 Å². The summed E-state index contributed by atoms with van der Waals surface area (Å²) in [7, 11) is 1.48. The van der Waals surface area contributed by atoms with Crippen LogP contribution in [0.5, 0.6) is 0 Å². The summed E-state index contributed by atoms with van der Waals surface area (Å²) >= 11 is 4.95. The van der Waals surface area contributed by atoms with Crippen LogP contribution in [-0.4, -0.2) is 36.2 Å². The highest BCUT2D eigenvalue weighted by atomic mass is 79.9. The highest BCUT2D eigenvalue weighted by Gasteiger charge is 2.29. The predicted molar refractivity (Wildman–Crippen MR) is 81.0 cm³/mol. The predicted octanol–water partition coefficient (Wildman–Crippen LogP) is 2.44. The first-order valence-electron chi connectivity index (χ1n) is 6.09. The highest BCUT2D eigenvalue weighted by molar-refractivity contribution is 9.10. The first kappa shape index (κ1) is 17.1. The van der Waals surface area contributed by atoms with E-state index in [1.807, 2.05) is 11.4 Å². The normalized spacial score (nSPS) is 13.8. The fraction of sp³-hybridized carbons (Fsp3) is 0.538. The smallest absolute Gasteiger partial charge is 0.305 e. The van der Waals surface area contributed by atoms with Gasteiger partial charge in [0.05, 0.1) is 18.6 Å². The molecule has 0 aliphatic carbocycles. The van der Waals surface area contributed by atoms with Crippen molar-refractivity contribution in [2.75, 3.05) is 13.7 Å². The maximum absolute atomic E-state index is 11.9. The number of carbonyl (C=O) groups is 2. The van der Waals surface area contributed by atoms with Gasteiger partial charge in [0.1, 0.15) is 0 Å². The number of carboxylic acids is 1. The molecule has 0 saturated carbocycles. The van der Waals surface area contributed by atoms with Gasteiger partial charge < -0.3 is 15.2 Å². The lowest BCUT2D eigenvalue weighted by atomic mass is 9.98. The molecule has 0 radical (unpaired) electrons. The lowest BCUT2D eigenvalue weighted by Gasteiger charge is -2.28. The molecule has 112 valence electrons. The van der Waals surface area contributed by atoms with Crippen LogP contribution in [0, 0.1) is 0 Å². The van der Waals surface area contributed by atoms with Gasteiger partial charge in [0.15, 0.2) is 0 Å². The number of amides is 1. The van der Waals surface area contributed by atoms with Crippen molar-refractivity contribution in [3.63, 3.8) is 0 Å². The Morgan fingerprint density at radius 2 is 2.25 bits per heavy atom. The average Bonchev–Trinajstić information content (AvgIpc) is 2.71. The zero-order chi connectivity index (χ0) is 15.2. The Bertz CT molecular complexity index is 477. The van der Waals surface area contributed by atoms with E-state index in [1.54, 1.807) is 18.3 Å². The van der Waals surface area contributed by atoms with Gasteiger partial charge >= 0.3 is 5.97 Å². The second kappa shape index (κ2) is 7.75. The Morgan fingerprint density at radius 3 is 2.75 bits per heavy atom. The minimum atomic E-state index is -0.966. The number of thiophene rings is 1. The van der Waals surface area contributed by atoms with Gasteiger partial charge in [0, 0.05) is 28.3 Å². The molecule has 0 fully saturated rings. The Kier molecular flexibility index (Phi) is 6.64. The maximum Gasteiger partial charge on any atom is 0.305 e. The number of nitrogens with one attached hydrogen (secondary N) is 1. The minimum absolute atomic E-state index is 0.162. The van der Waals surface area contributed by atoms with Gasteiger partial charge in [0.2, 0.25) is 5.91 Å². The van der Waals surface area contributed by atoms with E-state index in [4.69, 9.17) is 9.84 Å². The van der Waals surface area contributed by atoms with Crippen LogP contribution in [0.1, 0.15) is 24.6 Å². The number of carboxylic acid groups (broad SMARTS) is 1. The minimum Gasteiger partial charge on any atom is -0.481 e. The van der Waals surface area contributed by atoms with Crippen molar-refractivity contribution in [3.8, 4) is 0 Å². The summed E-state index contributed by atoms with van der Waals surface area (Å²) in [6.45, 7) is 1.83. The fourth-order valence-corrected chi connectivity index (χ4v) is 3.36. The van der Waals surface area contributed by atoms with E-state index in [1.165, 1.54) is 7.11 Å². The van der Waals surface area contributed by atoms with Crippen LogP contribution in [0.15, 0.2) is 15.9 Å². The van der Waals surface area contributed by atoms with Gasteiger partial charge in [-0.3, -0.25) is 9.59 Å². The summed E-state index contributed by atoms with van der Waals surface area (Å²) in [6.07, 6.45) is 0.793. The topological polar surface area (TPSA) is 75.6 Å². The lowest BCUT2D eigenvalue weighted by Crippen LogP contribution is -2.50. The molecule has 1 aromatic heterocycles. The van der Waals surface area contributed by atoms with Crippen LogP contribution in [0.2, 0.25) is 0 Å². The van der Waals surface area contributed by atoms with E-state index in [9.17, 15) is 9.59 Å². The van der Waals surface area contributed by atoms with Crippen LogP contribution in [0.25, 0.3) is 0 Å². The number of hydrogen-bond acceptors (Lipinski definition) is 4. The molecule has 1 atom stereocenters. The molecule has 1 rings (SSSR count). The monoisotopic (exact) mass is 363 g/mol. The van der Waals surface area contributed by atoms with Crippen LogP contribution >= 0.6 is 27.3 Å². The Balaban J connectivity index is 2.51. The second-order valence-electron chi connectivity index (χ2n) is 4.84. The van der Waals surface area contributed by atoms with E-state index < -0.39 is 11.5 Å². The fourth-order valence-electron chi connectivity index (χ4n) is 1.90. The molecule has 1 unspecified atom stereocenters. The highest BCUT2D eigenvalue weighted by Crippen LogP contribution is 2.21. The summed E-state index contributed by atoms with van der Waals surface area (Å²) in [4.78, 5) is 23.9. The largest absolute Gasteiger partial charge is 0.481 e. The molecule has 0 aromatic carbocycles. The standard InChI is InChI=1S/C13H18BrNO4S/c1-13(8-19-2,6-12(17)18)15-11(16)4-3-10-5-9(14)7-20-10/h5,7H,3-4,6,8H2,1-2H3,(H,15,16)(H,17,18). The molecule has 20 heavy (non-hydrogen) atoms. The molecule has 7 heteroatoms. The third-order valence-electron chi connectivity index (χ3n) is 2.67. The number of carbonyl (C=O) groups excluding carboxylic acids is 1. The maximum atomic E-state index is 11.9.